The second kappa shape index (κ2) is 4.01. The van der Waals surface area contributed by atoms with Gasteiger partial charge >= 0.3 is 0 Å². The van der Waals surface area contributed by atoms with Gasteiger partial charge in [-0.3, -0.25) is 0 Å². The number of sulfone groups is 1. The molecular formula is C9H13FN4O3S. The molecule has 1 aliphatic heterocycles. The van der Waals surface area contributed by atoms with E-state index < -0.39 is 27.1 Å². The first-order chi connectivity index (χ1) is 8.20. The molecule has 2 rings (SSSR count). The van der Waals surface area contributed by atoms with Crippen LogP contribution in [-0.4, -0.2) is 34.1 Å². The molecule has 2 heterocycles. The molecule has 0 spiro atoms. The lowest BCUT2D eigenvalue weighted by Gasteiger charge is -2.12. The Balaban J connectivity index is 2.21. The molecule has 0 bridgehead atoms. The van der Waals surface area contributed by atoms with E-state index in [4.69, 9.17) is 4.84 Å². The van der Waals surface area contributed by atoms with Crippen molar-refractivity contribution in [1.82, 2.24) is 15.0 Å². The molecule has 1 aromatic heterocycles. The van der Waals surface area contributed by atoms with Crippen molar-refractivity contribution in [2.24, 2.45) is 12.2 Å². The second-order valence-electron chi connectivity index (χ2n) is 4.70. The highest BCUT2D eigenvalue weighted by atomic mass is 32.2. The Morgan fingerprint density at radius 3 is 2.56 bits per heavy atom. The molecule has 0 unspecified atom stereocenters. The van der Waals surface area contributed by atoms with Crippen molar-refractivity contribution < 1.29 is 17.6 Å². The summed E-state index contributed by atoms with van der Waals surface area (Å²) in [5.41, 5.74) is -0.867. The minimum Gasteiger partial charge on any atom is -0.389 e. The third-order valence-corrected chi connectivity index (χ3v) is 3.98. The third-order valence-electron chi connectivity index (χ3n) is 2.39. The molecule has 0 N–H and O–H groups in total. The van der Waals surface area contributed by atoms with E-state index in [-0.39, 0.29) is 17.2 Å². The molecule has 0 aliphatic carbocycles. The van der Waals surface area contributed by atoms with Crippen LogP contribution >= 0.6 is 0 Å². The van der Waals surface area contributed by atoms with Crippen molar-refractivity contribution >= 4 is 14.9 Å². The largest absolute Gasteiger partial charge is 0.389 e. The van der Waals surface area contributed by atoms with Gasteiger partial charge in [0.05, 0.1) is 0 Å². The van der Waals surface area contributed by atoms with Crippen LogP contribution in [0.3, 0.4) is 0 Å². The molecule has 0 amide bonds. The average molecular weight is 276 g/mol. The minimum absolute atomic E-state index is 0.0856. The van der Waals surface area contributed by atoms with Gasteiger partial charge in [0, 0.05) is 13.5 Å². The molecule has 7 nitrogen and oxygen atoms in total. The van der Waals surface area contributed by atoms with Crippen molar-refractivity contribution in [1.29, 1.82) is 0 Å². The van der Waals surface area contributed by atoms with Crippen molar-refractivity contribution in [2.45, 2.75) is 31.6 Å². The average Bonchev–Trinajstić information content (AvgIpc) is 2.70. The number of hydrogen-bond acceptors (Lipinski definition) is 6. The molecule has 1 aromatic rings. The zero-order valence-corrected chi connectivity index (χ0v) is 11.0. The summed E-state index contributed by atoms with van der Waals surface area (Å²) in [5, 5.41) is 10.5. The predicted molar refractivity (Wildman–Crippen MR) is 60.8 cm³/mol. The maximum atomic E-state index is 13.2. The molecule has 1 aliphatic rings. The summed E-state index contributed by atoms with van der Waals surface area (Å²) in [4.78, 5) is 5.97. The normalized spacial score (nSPS) is 18.6. The fourth-order valence-electron chi connectivity index (χ4n) is 1.54. The molecule has 9 heteroatoms. The fourth-order valence-corrected chi connectivity index (χ4v) is 2.97. The zero-order valence-electron chi connectivity index (χ0n) is 10.2. The Labute approximate surface area is 104 Å². The Morgan fingerprint density at radius 1 is 1.44 bits per heavy atom. The van der Waals surface area contributed by atoms with E-state index in [1.165, 1.54) is 7.05 Å². The quantitative estimate of drug-likeness (QED) is 0.779. The lowest BCUT2D eigenvalue weighted by atomic mass is 10.1. The highest BCUT2D eigenvalue weighted by Gasteiger charge is 2.36. The molecule has 0 fully saturated rings. The number of nitrogens with zero attached hydrogens (tertiary/aromatic N) is 4. The first kappa shape index (κ1) is 12.9. The lowest BCUT2D eigenvalue weighted by molar-refractivity contribution is 0.0123. The van der Waals surface area contributed by atoms with Gasteiger partial charge in [0.15, 0.2) is 5.04 Å². The number of hydrogen-bond donors (Lipinski definition) is 0. The van der Waals surface area contributed by atoms with Crippen molar-refractivity contribution in [3.63, 3.8) is 0 Å². The number of aryl methyl sites for hydroxylation is 1. The standard InChI is InChI=1S/C9H13FN4O3S/c1-9(2)4-7(13-17-9)18(15,16)5-6-8(10)12-14(3)11-6/h4-5H2,1-3H3. The molecule has 0 saturated carbocycles. The molecule has 0 radical (unpaired) electrons. The van der Waals surface area contributed by atoms with Crippen LogP contribution in [0.4, 0.5) is 4.39 Å². The maximum Gasteiger partial charge on any atom is 0.257 e. The first-order valence-electron chi connectivity index (χ1n) is 5.23. The minimum atomic E-state index is -3.72. The fraction of sp³-hybridized carbons (Fsp3) is 0.667. The number of aromatic nitrogens is 3. The molecule has 0 atom stereocenters. The van der Waals surface area contributed by atoms with E-state index in [1.807, 2.05) is 0 Å². The summed E-state index contributed by atoms with van der Waals surface area (Å²) < 4.78 is 37.2. The Bertz CT molecular complexity index is 605. The predicted octanol–water partition coefficient (Wildman–Crippen LogP) is 0.381. The van der Waals surface area contributed by atoms with Gasteiger partial charge in [0.25, 0.3) is 5.95 Å². The van der Waals surface area contributed by atoms with Crippen molar-refractivity contribution in [3.05, 3.63) is 11.6 Å². The van der Waals surface area contributed by atoms with Crippen LogP contribution < -0.4 is 0 Å². The van der Waals surface area contributed by atoms with E-state index in [0.717, 1.165) is 4.80 Å². The van der Waals surface area contributed by atoms with E-state index >= 15 is 0 Å². The summed E-state index contributed by atoms with van der Waals surface area (Å²) in [7, 11) is -2.31. The summed E-state index contributed by atoms with van der Waals surface area (Å²) in [6, 6.07) is 0. The van der Waals surface area contributed by atoms with Crippen molar-refractivity contribution in [3.8, 4) is 0 Å². The second-order valence-corrected chi connectivity index (χ2v) is 6.69. The van der Waals surface area contributed by atoms with Gasteiger partial charge < -0.3 is 4.84 Å². The van der Waals surface area contributed by atoms with Crippen LogP contribution in [0.15, 0.2) is 5.16 Å². The summed E-state index contributed by atoms with van der Waals surface area (Å²) >= 11 is 0. The van der Waals surface area contributed by atoms with Gasteiger partial charge in [0.1, 0.15) is 17.0 Å². The van der Waals surface area contributed by atoms with Crippen molar-refractivity contribution in [2.75, 3.05) is 0 Å². The monoisotopic (exact) mass is 276 g/mol. The van der Waals surface area contributed by atoms with Gasteiger partial charge in [-0.1, -0.05) is 5.16 Å². The Morgan fingerprint density at radius 2 is 2.11 bits per heavy atom. The SMILES string of the molecule is Cn1nc(F)c(CS(=O)(=O)C2=NOC(C)(C)C2)n1. The number of halogens is 1. The van der Waals surface area contributed by atoms with Crippen LogP contribution in [0.25, 0.3) is 0 Å². The number of rotatable bonds is 2. The van der Waals surface area contributed by atoms with E-state index in [2.05, 4.69) is 15.4 Å². The van der Waals surface area contributed by atoms with Gasteiger partial charge in [0.2, 0.25) is 9.84 Å². The lowest BCUT2D eigenvalue weighted by Crippen LogP contribution is -2.23. The van der Waals surface area contributed by atoms with Gasteiger partial charge in [-0.25, -0.2) is 8.42 Å². The molecule has 0 aromatic carbocycles. The molecular weight excluding hydrogens is 263 g/mol. The van der Waals surface area contributed by atoms with Crippen LogP contribution in [0, 0.1) is 5.95 Å². The zero-order chi connectivity index (χ0) is 13.6. The first-order valence-corrected chi connectivity index (χ1v) is 6.88. The summed E-state index contributed by atoms with van der Waals surface area (Å²) in [6.07, 6.45) is 0.164. The highest BCUT2D eigenvalue weighted by molar-refractivity contribution is 8.05. The van der Waals surface area contributed by atoms with Gasteiger partial charge in [-0.15, -0.1) is 5.10 Å². The summed E-state index contributed by atoms with van der Waals surface area (Å²) in [5.74, 6) is -1.45. The smallest absolute Gasteiger partial charge is 0.257 e. The third kappa shape index (κ3) is 2.50. The van der Waals surface area contributed by atoms with E-state index in [9.17, 15) is 12.8 Å². The van der Waals surface area contributed by atoms with Crippen LogP contribution in [0.1, 0.15) is 26.0 Å². The molecule has 0 saturated heterocycles. The van der Waals surface area contributed by atoms with E-state index in [0.29, 0.717) is 0 Å². The maximum absolute atomic E-state index is 13.2. The van der Waals surface area contributed by atoms with Crippen LogP contribution in [-0.2, 0) is 27.5 Å². The highest BCUT2D eigenvalue weighted by Crippen LogP contribution is 2.26. The summed E-state index contributed by atoms with van der Waals surface area (Å²) in [6.45, 7) is 3.45. The van der Waals surface area contributed by atoms with Crippen LogP contribution in [0.5, 0.6) is 0 Å². The van der Waals surface area contributed by atoms with E-state index in [1.54, 1.807) is 13.8 Å². The Hall–Kier alpha value is -1.51. The van der Waals surface area contributed by atoms with Gasteiger partial charge in [-0.2, -0.15) is 14.3 Å². The number of oxime groups is 1. The Kier molecular flexibility index (Phi) is 2.88. The van der Waals surface area contributed by atoms with Gasteiger partial charge in [-0.05, 0) is 13.8 Å². The topological polar surface area (TPSA) is 86.4 Å². The molecule has 18 heavy (non-hydrogen) atoms. The van der Waals surface area contributed by atoms with Crippen LogP contribution in [0.2, 0.25) is 0 Å². The molecule has 100 valence electrons.